The maximum absolute atomic E-state index is 14.0. The molecule has 2 amide bonds. The van der Waals surface area contributed by atoms with Gasteiger partial charge in [0.05, 0.1) is 28.2 Å². The molecule has 1 spiro atoms. The minimum Gasteiger partial charge on any atom is -0.371 e. The maximum atomic E-state index is 14.0. The van der Waals surface area contributed by atoms with E-state index in [-0.39, 0.29) is 38.7 Å². The molecule has 0 radical (unpaired) electrons. The molecular weight excluding hydrogens is 546 g/mol. The van der Waals surface area contributed by atoms with Gasteiger partial charge < -0.3 is 10.4 Å². The van der Waals surface area contributed by atoms with Crippen LogP contribution in [-0.2, 0) is 15.1 Å². The zero-order valence-electron chi connectivity index (χ0n) is 17.7. The van der Waals surface area contributed by atoms with E-state index < -0.39 is 53.8 Å². The molecule has 12 heteroatoms. The first-order valence-corrected chi connectivity index (χ1v) is 12.4. The van der Waals surface area contributed by atoms with Crippen molar-refractivity contribution >= 4 is 69.6 Å². The average Bonchev–Trinajstić information content (AvgIpc) is 3.44. The van der Waals surface area contributed by atoms with Crippen LogP contribution >= 0.6 is 46.4 Å². The second-order valence-corrected chi connectivity index (χ2v) is 11.1. The van der Waals surface area contributed by atoms with Gasteiger partial charge in [-0.25, -0.2) is 13.7 Å². The number of fused-ring (bicyclic) bond motifs is 7. The van der Waals surface area contributed by atoms with Crippen LogP contribution in [0.4, 0.5) is 20.2 Å². The lowest BCUT2D eigenvalue weighted by atomic mass is 9.74. The number of nitrogens with zero attached hydrogens (tertiary/aromatic N) is 2. The topological polar surface area (TPSA) is 72.9 Å². The van der Waals surface area contributed by atoms with Gasteiger partial charge in [0.25, 0.3) is 0 Å². The second-order valence-electron chi connectivity index (χ2n) is 9.38. The summed E-state index contributed by atoms with van der Waals surface area (Å²) in [7, 11) is 0. The molecular formula is C23H17Cl4F2N3O3. The van der Waals surface area contributed by atoms with Crippen molar-refractivity contribution in [3.63, 3.8) is 0 Å². The summed E-state index contributed by atoms with van der Waals surface area (Å²) in [5, 5.41) is 15.3. The Morgan fingerprint density at radius 1 is 1.00 bits per heavy atom. The fourth-order valence-corrected chi connectivity index (χ4v) is 7.63. The molecule has 6 nitrogen and oxygen atoms in total. The molecule has 2 N–H and O–H groups in total. The lowest BCUT2D eigenvalue weighted by Crippen LogP contribution is -2.56. The minimum atomic E-state index is -2.62. The summed E-state index contributed by atoms with van der Waals surface area (Å²) in [5.74, 6) is -4.19. The standard InChI is InChI=1S/C23H17Cl4F2N3O3/c24-9-2-10(25)4-12(3-9)32-20(33)16-15-1-8(19(28)29)7-31(15)23(17(16)21(32)34)13-5-11(26)6-14(27)18(13)30-22(23)35/h2-6,8,15-17,19,22,30,35H,1,7H2. The molecule has 6 unspecified atom stereocenters. The third-order valence-electron chi connectivity index (χ3n) is 7.74. The summed E-state index contributed by atoms with van der Waals surface area (Å²) >= 11 is 25.0. The average molecular weight is 563 g/mol. The van der Waals surface area contributed by atoms with E-state index in [2.05, 4.69) is 5.32 Å². The van der Waals surface area contributed by atoms with Gasteiger partial charge in [-0.3, -0.25) is 14.5 Å². The molecule has 0 aliphatic carbocycles. The molecule has 35 heavy (non-hydrogen) atoms. The van der Waals surface area contributed by atoms with Gasteiger partial charge in [0.2, 0.25) is 18.2 Å². The molecule has 2 aromatic rings. The largest absolute Gasteiger partial charge is 0.371 e. The zero-order chi connectivity index (χ0) is 25.0. The third kappa shape index (κ3) is 3.07. The van der Waals surface area contributed by atoms with E-state index in [1.807, 2.05) is 0 Å². The number of alkyl halides is 2. The van der Waals surface area contributed by atoms with Gasteiger partial charge in [-0.15, -0.1) is 0 Å². The number of amides is 2. The summed E-state index contributed by atoms with van der Waals surface area (Å²) in [5.41, 5.74) is -0.580. The molecule has 4 aliphatic heterocycles. The van der Waals surface area contributed by atoms with Crippen molar-refractivity contribution in [2.45, 2.75) is 30.7 Å². The lowest BCUT2D eigenvalue weighted by Gasteiger charge is -2.41. The van der Waals surface area contributed by atoms with Crippen molar-refractivity contribution < 1.29 is 23.5 Å². The number of hydrogen-bond acceptors (Lipinski definition) is 5. The van der Waals surface area contributed by atoms with Crippen molar-refractivity contribution in [1.82, 2.24) is 4.90 Å². The molecule has 0 bridgehead atoms. The Morgan fingerprint density at radius 3 is 2.31 bits per heavy atom. The SMILES string of the molecule is O=C1C2C3CC(C(F)F)CN3C3(c4cc(Cl)cc(Cl)c4NC3O)C2C(=O)N1c1cc(Cl)cc(Cl)c1. The molecule has 0 aromatic heterocycles. The maximum Gasteiger partial charge on any atom is 0.242 e. The summed E-state index contributed by atoms with van der Waals surface area (Å²) in [4.78, 5) is 30.5. The van der Waals surface area contributed by atoms with Crippen LogP contribution in [0, 0.1) is 17.8 Å². The van der Waals surface area contributed by atoms with E-state index in [1.54, 1.807) is 11.0 Å². The van der Waals surface area contributed by atoms with Crippen LogP contribution in [0.15, 0.2) is 30.3 Å². The van der Waals surface area contributed by atoms with Crippen molar-refractivity contribution in [2.75, 3.05) is 16.8 Å². The highest BCUT2D eigenvalue weighted by atomic mass is 35.5. The van der Waals surface area contributed by atoms with Gasteiger partial charge in [-0.1, -0.05) is 46.4 Å². The Hall–Kier alpha value is -1.68. The Labute approximate surface area is 218 Å². The predicted molar refractivity (Wildman–Crippen MR) is 128 cm³/mol. The van der Waals surface area contributed by atoms with Crippen molar-refractivity contribution in [3.8, 4) is 0 Å². The monoisotopic (exact) mass is 561 g/mol. The van der Waals surface area contributed by atoms with Gasteiger partial charge in [0, 0.05) is 39.1 Å². The number of carbonyl (C=O) groups excluding carboxylic acids is 2. The molecule has 6 rings (SSSR count). The Kier molecular flexibility index (Phi) is 5.36. The number of rotatable bonds is 2. The van der Waals surface area contributed by atoms with Crippen LogP contribution in [0.25, 0.3) is 0 Å². The van der Waals surface area contributed by atoms with Gasteiger partial charge in [0.1, 0.15) is 11.8 Å². The van der Waals surface area contributed by atoms with Crippen molar-refractivity contribution in [3.05, 3.63) is 56.0 Å². The number of benzene rings is 2. The van der Waals surface area contributed by atoms with Crippen molar-refractivity contribution in [2.24, 2.45) is 17.8 Å². The first-order valence-electron chi connectivity index (χ1n) is 10.9. The fraction of sp³-hybridized carbons (Fsp3) is 0.391. The minimum absolute atomic E-state index is 0.0000958. The quantitative estimate of drug-likeness (QED) is 0.503. The van der Waals surface area contributed by atoms with Gasteiger partial charge in [-0.2, -0.15) is 0 Å². The van der Waals surface area contributed by atoms with Crippen molar-refractivity contribution in [1.29, 1.82) is 0 Å². The van der Waals surface area contributed by atoms with Gasteiger partial charge >= 0.3 is 0 Å². The number of aliphatic hydroxyl groups is 1. The van der Waals surface area contributed by atoms with E-state index in [1.165, 1.54) is 24.3 Å². The number of imide groups is 1. The molecule has 2 aromatic carbocycles. The summed E-state index contributed by atoms with van der Waals surface area (Å²) in [6, 6.07) is 6.70. The van der Waals surface area contributed by atoms with E-state index in [9.17, 15) is 23.5 Å². The van der Waals surface area contributed by atoms with Crippen LogP contribution in [-0.4, -0.2) is 47.1 Å². The van der Waals surface area contributed by atoms with Crippen LogP contribution in [0.2, 0.25) is 20.1 Å². The Morgan fingerprint density at radius 2 is 1.66 bits per heavy atom. The van der Waals surface area contributed by atoms with E-state index in [0.29, 0.717) is 11.3 Å². The van der Waals surface area contributed by atoms with E-state index in [0.717, 1.165) is 4.90 Å². The van der Waals surface area contributed by atoms with Gasteiger partial charge in [0.15, 0.2) is 0 Å². The second kappa shape index (κ2) is 7.91. The lowest BCUT2D eigenvalue weighted by molar-refractivity contribution is -0.127. The highest BCUT2D eigenvalue weighted by molar-refractivity contribution is 6.37. The zero-order valence-corrected chi connectivity index (χ0v) is 20.7. The summed E-state index contributed by atoms with van der Waals surface area (Å²) in [6.07, 6.45) is -4.03. The first-order chi connectivity index (χ1) is 16.5. The summed E-state index contributed by atoms with van der Waals surface area (Å²) < 4.78 is 27.7. The molecule has 184 valence electrons. The smallest absolute Gasteiger partial charge is 0.242 e. The Bertz CT molecular complexity index is 1280. The van der Waals surface area contributed by atoms with Crippen LogP contribution < -0.4 is 10.2 Å². The number of hydrogen-bond donors (Lipinski definition) is 2. The van der Waals surface area contributed by atoms with E-state index >= 15 is 0 Å². The van der Waals surface area contributed by atoms with Crippen LogP contribution in [0.5, 0.6) is 0 Å². The third-order valence-corrected chi connectivity index (χ3v) is 8.69. The molecule has 6 atom stereocenters. The molecule has 4 aliphatic rings. The predicted octanol–water partition coefficient (Wildman–Crippen LogP) is 5.01. The number of halogens is 6. The molecule has 0 saturated carbocycles. The first kappa shape index (κ1) is 23.7. The number of carbonyl (C=O) groups is 2. The van der Waals surface area contributed by atoms with Crippen LogP contribution in [0.1, 0.15) is 12.0 Å². The Balaban J connectivity index is 1.57. The highest BCUT2D eigenvalue weighted by Crippen LogP contribution is 2.63. The summed E-state index contributed by atoms with van der Waals surface area (Å²) in [6.45, 7) is -0.0960. The number of aliphatic hydroxyl groups excluding tert-OH is 1. The molecule has 3 fully saturated rings. The molecule has 4 heterocycles. The number of anilines is 2. The number of nitrogens with one attached hydrogen (secondary N) is 1. The van der Waals surface area contributed by atoms with E-state index in [4.69, 9.17) is 46.4 Å². The highest BCUT2D eigenvalue weighted by Gasteiger charge is 2.75. The molecule has 3 saturated heterocycles. The van der Waals surface area contributed by atoms with Crippen LogP contribution in [0.3, 0.4) is 0 Å². The van der Waals surface area contributed by atoms with Gasteiger partial charge in [-0.05, 0) is 36.8 Å². The normalized spacial score (nSPS) is 33.6. The fourth-order valence-electron chi connectivity index (χ4n) is 6.57.